The van der Waals surface area contributed by atoms with Crippen LogP contribution >= 0.6 is 0 Å². The molecule has 0 aromatic carbocycles. The van der Waals surface area contributed by atoms with E-state index in [1.165, 1.54) is 7.11 Å². The third kappa shape index (κ3) is 7.74. The SMILES string of the molecule is CO/N=C(/CO[Si](C)(C)C)C1=C(O[Si](C)(C)C)[C@H](O[Si](C)(C)C)C(=O)O1. The van der Waals surface area contributed by atoms with Gasteiger partial charge in [0.25, 0.3) is 0 Å². The number of rotatable bonds is 9. The molecule has 1 aliphatic heterocycles. The summed E-state index contributed by atoms with van der Waals surface area (Å²) in [5.41, 5.74) is 0.401. The van der Waals surface area contributed by atoms with Gasteiger partial charge in [0.15, 0.2) is 33.9 Å². The van der Waals surface area contributed by atoms with Crippen molar-refractivity contribution >= 4 is 36.6 Å². The second-order valence-electron chi connectivity index (χ2n) is 9.06. The van der Waals surface area contributed by atoms with Crippen molar-refractivity contribution in [3.63, 3.8) is 0 Å². The molecule has 1 rings (SSSR count). The molecule has 0 fully saturated rings. The first kappa shape index (κ1) is 23.1. The van der Waals surface area contributed by atoms with Crippen LogP contribution in [-0.2, 0) is 27.6 Å². The minimum atomic E-state index is -2.02. The van der Waals surface area contributed by atoms with Crippen LogP contribution in [0.1, 0.15) is 0 Å². The summed E-state index contributed by atoms with van der Waals surface area (Å²) in [7, 11) is -4.38. The van der Waals surface area contributed by atoms with E-state index in [0.717, 1.165) is 0 Å². The van der Waals surface area contributed by atoms with E-state index in [1.807, 2.05) is 39.3 Å². The third-order valence-electron chi connectivity index (χ3n) is 2.87. The Morgan fingerprint density at radius 2 is 1.58 bits per heavy atom. The monoisotopic (exact) mass is 419 g/mol. The van der Waals surface area contributed by atoms with Gasteiger partial charge in [-0.25, -0.2) is 4.79 Å². The van der Waals surface area contributed by atoms with Gasteiger partial charge in [-0.2, -0.15) is 0 Å². The minimum Gasteiger partial charge on any atom is -0.542 e. The maximum atomic E-state index is 12.5. The standard InChI is InChI=1S/C16H33NO6Si3/c1-19-17-12(11-20-24(2,3)4)13-14(22-25(5,6)7)15(16(18)21-13)23-26(8,9)10/h15H,11H2,1-10H3/b17-12-/t15-/m0/s1. The van der Waals surface area contributed by atoms with E-state index >= 15 is 0 Å². The highest BCUT2D eigenvalue weighted by Gasteiger charge is 2.44. The van der Waals surface area contributed by atoms with Gasteiger partial charge in [0.1, 0.15) is 7.11 Å². The summed E-state index contributed by atoms with van der Waals surface area (Å²) in [4.78, 5) is 17.5. The molecule has 0 aromatic rings. The molecule has 1 aliphatic rings. The van der Waals surface area contributed by atoms with Crippen molar-refractivity contribution < 1.29 is 27.6 Å². The first-order valence-corrected chi connectivity index (χ1v) is 18.9. The largest absolute Gasteiger partial charge is 0.542 e. The van der Waals surface area contributed by atoms with E-state index in [4.69, 9.17) is 22.9 Å². The maximum absolute atomic E-state index is 12.5. The van der Waals surface area contributed by atoms with Crippen LogP contribution in [0.3, 0.4) is 0 Å². The van der Waals surface area contributed by atoms with Gasteiger partial charge in [0.05, 0.1) is 6.61 Å². The quantitative estimate of drug-likeness (QED) is 0.246. The molecule has 0 aliphatic carbocycles. The summed E-state index contributed by atoms with van der Waals surface area (Å²) in [5, 5.41) is 4.02. The molecule has 0 spiro atoms. The zero-order valence-corrected chi connectivity index (χ0v) is 20.7. The lowest BCUT2D eigenvalue weighted by atomic mass is 10.2. The van der Waals surface area contributed by atoms with Gasteiger partial charge < -0.3 is 22.9 Å². The zero-order valence-electron chi connectivity index (χ0n) is 17.7. The molecule has 0 bridgehead atoms. The first-order chi connectivity index (χ1) is 11.6. The lowest BCUT2D eigenvalue weighted by molar-refractivity contribution is -0.142. The molecule has 26 heavy (non-hydrogen) atoms. The van der Waals surface area contributed by atoms with Crippen LogP contribution in [-0.4, -0.2) is 56.5 Å². The fraction of sp³-hybridized carbons (Fsp3) is 0.750. The Kier molecular flexibility index (Phi) is 7.44. The summed E-state index contributed by atoms with van der Waals surface area (Å²) >= 11 is 0. The Balaban J connectivity index is 3.31. The van der Waals surface area contributed by atoms with Gasteiger partial charge in [-0.3, -0.25) is 0 Å². The number of oxime groups is 1. The van der Waals surface area contributed by atoms with Gasteiger partial charge in [-0.15, -0.1) is 0 Å². The Hall–Kier alpha value is -0.949. The number of esters is 1. The predicted octanol–water partition coefficient (Wildman–Crippen LogP) is 3.68. The molecule has 0 aromatic heterocycles. The van der Waals surface area contributed by atoms with Gasteiger partial charge in [0, 0.05) is 0 Å². The molecule has 7 nitrogen and oxygen atoms in total. The van der Waals surface area contributed by atoms with Crippen LogP contribution < -0.4 is 0 Å². The van der Waals surface area contributed by atoms with Crippen molar-refractivity contribution in [3.05, 3.63) is 11.5 Å². The minimum absolute atomic E-state index is 0.185. The smallest absolute Gasteiger partial charge is 0.347 e. The zero-order chi connectivity index (χ0) is 20.3. The summed E-state index contributed by atoms with van der Waals surface area (Å²) in [6.45, 7) is 18.6. The summed E-state index contributed by atoms with van der Waals surface area (Å²) in [5.74, 6) is 0.180. The molecular formula is C16H33NO6Si3. The summed E-state index contributed by atoms with van der Waals surface area (Å²) in [6.07, 6.45) is -0.864. The molecule has 0 unspecified atom stereocenters. The van der Waals surface area contributed by atoms with Crippen LogP contribution in [0, 0.1) is 0 Å². The van der Waals surface area contributed by atoms with Crippen LogP contribution in [0.2, 0.25) is 58.9 Å². The highest BCUT2D eigenvalue weighted by Crippen LogP contribution is 2.31. The number of nitrogens with zero attached hydrogens (tertiary/aromatic N) is 1. The van der Waals surface area contributed by atoms with E-state index < -0.39 is 37.0 Å². The molecule has 0 N–H and O–H groups in total. The first-order valence-electron chi connectivity index (χ1n) is 8.70. The van der Waals surface area contributed by atoms with Crippen molar-refractivity contribution in [2.45, 2.75) is 65.0 Å². The third-order valence-corrected chi connectivity index (χ3v) is 5.66. The lowest BCUT2D eigenvalue weighted by Gasteiger charge is -2.27. The van der Waals surface area contributed by atoms with Gasteiger partial charge in [0.2, 0.25) is 14.4 Å². The number of hydrogen-bond acceptors (Lipinski definition) is 7. The van der Waals surface area contributed by atoms with Crippen LogP contribution in [0.4, 0.5) is 0 Å². The van der Waals surface area contributed by atoms with Crippen LogP contribution in [0.15, 0.2) is 16.7 Å². The second kappa shape index (κ2) is 8.38. The fourth-order valence-electron chi connectivity index (χ4n) is 2.04. The van der Waals surface area contributed by atoms with Crippen molar-refractivity contribution in [2.24, 2.45) is 5.16 Å². The molecular weight excluding hydrogens is 386 g/mol. The molecule has 0 radical (unpaired) electrons. The molecule has 10 heteroatoms. The highest BCUT2D eigenvalue weighted by atomic mass is 28.4. The lowest BCUT2D eigenvalue weighted by Crippen LogP contribution is -2.39. The maximum Gasteiger partial charge on any atom is 0.347 e. The van der Waals surface area contributed by atoms with Crippen molar-refractivity contribution in [1.82, 2.24) is 0 Å². The summed E-state index contributed by atoms with van der Waals surface area (Å²) < 4.78 is 23.7. The molecule has 150 valence electrons. The van der Waals surface area contributed by atoms with Crippen LogP contribution in [0.25, 0.3) is 0 Å². The van der Waals surface area contributed by atoms with Gasteiger partial charge in [-0.1, -0.05) is 5.16 Å². The Morgan fingerprint density at radius 3 is 2.00 bits per heavy atom. The van der Waals surface area contributed by atoms with E-state index in [-0.39, 0.29) is 12.4 Å². The topological polar surface area (TPSA) is 75.6 Å². The molecule has 0 saturated heterocycles. The van der Waals surface area contributed by atoms with Crippen molar-refractivity contribution in [3.8, 4) is 0 Å². The highest BCUT2D eigenvalue weighted by molar-refractivity contribution is 6.71. The molecule has 0 amide bonds. The van der Waals surface area contributed by atoms with Crippen LogP contribution in [0.5, 0.6) is 0 Å². The second-order valence-corrected chi connectivity index (χ2v) is 22.5. The molecule has 1 atom stereocenters. The molecule has 1 heterocycles. The number of cyclic esters (lactones) is 1. The molecule has 0 saturated carbocycles. The van der Waals surface area contributed by atoms with E-state index in [9.17, 15) is 4.79 Å². The number of ether oxygens (including phenoxy) is 1. The Morgan fingerprint density at radius 1 is 1.00 bits per heavy atom. The van der Waals surface area contributed by atoms with E-state index in [0.29, 0.717) is 11.5 Å². The number of carbonyl (C=O) groups is 1. The predicted molar refractivity (Wildman–Crippen MR) is 110 cm³/mol. The van der Waals surface area contributed by atoms with Gasteiger partial charge >= 0.3 is 5.97 Å². The fourth-order valence-corrected chi connectivity index (χ4v) is 4.38. The number of hydrogen-bond donors (Lipinski definition) is 0. The van der Waals surface area contributed by atoms with Gasteiger partial charge in [-0.05, 0) is 58.9 Å². The van der Waals surface area contributed by atoms with E-state index in [2.05, 4.69) is 24.8 Å². The average Bonchev–Trinajstić information content (AvgIpc) is 2.68. The Bertz CT molecular complexity index is 584. The van der Waals surface area contributed by atoms with Crippen molar-refractivity contribution in [1.29, 1.82) is 0 Å². The Labute approximate surface area is 160 Å². The number of carbonyl (C=O) groups excluding carboxylic acids is 1. The normalized spacial score (nSPS) is 19.7. The summed E-state index contributed by atoms with van der Waals surface area (Å²) in [6, 6.07) is 0. The van der Waals surface area contributed by atoms with Crippen molar-refractivity contribution in [2.75, 3.05) is 13.7 Å². The average molecular weight is 420 g/mol. The van der Waals surface area contributed by atoms with E-state index in [1.54, 1.807) is 0 Å².